The Hall–Kier alpha value is -1.59. The van der Waals surface area contributed by atoms with Crippen LogP contribution in [0.1, 0.15) is 94.6 Å². The summed E-state index contributed by atoms with van der Waals surface area (Å²) in [5.41, 5.74) is 3.05. The van der Waals surface area contributed by atoms with Crippen LogP contribution in [-0.4, -0.2) is 12.7 Å². The normalized spacial score (nSPS) is 27.7. The third kappa shape index (κ3) is 7.31. The monoisotopic (exact) mass is 393 g/mol. The Morgan fingerprint density at radius 3 is 2.34 bits per heavy atom. The molecule has 29 heavy (non-hydrogen) atoms. The highest BCUT2D eigenvalue weighted by atomic mass is 16.5. The van der Waals surface area contributed by atoms with Gasteiger partial charge in [0.2, 0.25) is 0 Å². The van der Waals surface area contributed by atoms with Gasteiger partial charge in [-0.05, 0) is 93.1 Å². The Labute approximate surface area is 178 Å². The van der Waals surface area contributed by atoms with Gasteiger partial charge < -0.3 is 4.74 Å². The number of benzene rings is 1. The molecule has 0 radical (unpaired) electrons. The van der Waals surface area contributed by atoms with Gasteiger partial charge in [0.15, 0.2) is 0 Å². The lowest BCUT2D eigenvalue weighted by atomic mass is 9.78. The lowest BCUT2D eigenvalue weighted by Gasteiger charge is -2.32. The second-order valence-corrected chi connectivity index (χ2v) is 9.27. The van der Waals surface area contributed by atoms with Gasteiger partial charge >= 0.3 is 0 Å². The molecule has 0 amide bonds. The van der Waals surface area contributed by atoms with Crippen molar-refractivity contribution in [3.63, 3.8) is 0 Å². The van der Waals surface area contributed by atoms with Crippen LogP contribution in [0.2, 0.25) is 0 Å². The highest BCUT2D eigenvalue weighted by Crippen LogP contribution is 2.36. The predicted molar refractivity (Wildman–Crippen MR) is 121 cm³/mol. The zero-order valence-corrected chi connectivity index (χ0v) is 18.3. The molecule has 0 aliphatic heterocycles. The number of hydrogen-bond acceptors (Lipinski definition) is 2. The number of allylic oxidation sites excluding steroid dienone is 2. The van der Waals surface area contributed by atoms with Crippen molar-refractivity contribution in [3.8, 4) is 6.07 Å². The molecule has 0 spiro atoms. The fourth-order valence-electron chi connectivity index (χ4n) is 5.10. The molecule has 0 atom stereocenters. The maximum absolute atomic E-state index is 8.66. The molecule has 158 valence electrons. The van der Waals surface area contributed by atoms with Crippen LogP contribution in [-0.2, 0) is 11.2 Å². The largest absolute Gasteiger partial charge is 0.378 e. The van der Waals surface area contributed by atoms with Crippen molar-refractivity contribution >= 4 is 0 Å². The van der Waals surface area contributed by atoms with Gasteiger partial charge in [-0.1, -0.05) is 50.1 Å². The van der Waals surface area contributed by atoms with Gasteiger partial charge in [-0.15, -0.1) is 0 Å². The molecule has 2 aliphatic rings. The number of unbranched alkanes of at least 4 members (excludes halogenated alkanes) is 2. The van der Waals surface area contributed by atoms with Crippen molar-refractivity contribution in [2.24, 2.45) is 11.8 Å². The lowest BCUT2D eigenvalue weighted by molar-refractivity contribution is -0.00456. The minimum atomic E-state index is 0.444. The molecule has 2 fully saturated rings. The minimum Gasteiger partial charge on any atom is -0.378 e. The van der Waals surface area contributed by atoms with Crippen molar-refractivity contribution in [3.05, 3.63) is 47.5 Å². The number of hydrogen-bond donors (Lipinski definition) is 0. The minimum absolute atomic E-state index is 0.444. The van der Waals surface area contributed by atoms with Gasteiger partial charge in [-0.2, -0.15) is 5.26 Å². The summed E-state index contributed by atoms with van der Waals surface area (Å²) in [5, 5.41) is 8.66. The molecule has 0 aromatic heterocycles. The number of ether oxygens (including phenoxy) is 1. The zero-order chi connectivity index (χ0) is 20.3. The highest BCUT2D eigenvalue weighted by molar-refractivity contribution is 5.26. The van der Waals surface area contributed by atoms with Gasteiger partial charge in [-0.25, -0.2) is 0 Å². The SMILES string of the molecule is CCCCCc1ccc(C2CCC(COC3CCC(/C=C/C#N)CC3)CC2)cc1. The average molecular weight is 394 g/mol. The molecule has 0 saturated heterocycles. The summed E-state index contributed by atoms with van der Waals surface area (Å²) in [6.07, 6.45) is 19.2. The summed E-state index contributed by atoms with van der Waals surface area (Å²) in [6, 6.07) is 11.6. The van der Waals surface area contributed by atoms with E-state index >= 15 is 0 Å². The quantitative estimate of drug-likeness (QED) is 0.324. The second-order valence-electron chi connectivity index (χ2n) is 9.27. The Balaban J connectivity index is 1.33. The summed E-state index contributed by atoms with van der Waals surface area (Å²) in [7, 11) is 0. The molecule has 1 aromatic rings. The van der Waals surface area contributed by atoms with Gasteiger partial charge in [-0.3, -0.25) is 0 Å². The third-order valence-corrected chi connectivity index (χ3v) is 7.10. The van der Waals surface area contributed by atoms with E-state index in [0.717, 1.165) is 31.3 Å². The van der Waals surface area contributed by atoms with Crippen LogP contribution >= 0.6 is 0 Å². The summed E-state index contributed by atoms with van der Waals surface area (Å²) in [4.78, 5) is 0. The molecule has 0 bridgehead atoms. The topological polar surface area (TPSA) is 33.0 Å². The molecule has 2 aliphatic carbocycles. The third-order valence-electron chi connectivity index (χ3n) is 7.10. The van der Waals surface area contributed by atoms with Gasteiger partial charge in [0.1, 0.15) is 0 Å². The smallest absolute Gasteiger partial charge is 0.0908 e. The number of nitriles is 1. The van der Waals surface area contributed by atoms with Crippen LogP contribution in [0, 0.1) is 23.2 Å². The maximum atomic E-state index is 8.66. The maximum Gasteiger partial charge on any atom is 0.0908 e. The standard InChI is InChI=1S/C27H39NO/c1-2-3-4-6-22-8-14-25(15-9-22)26-16-10-24(11-17-26)21-29-27-18-12-23(13-19-27)7-5-20-28/h5,7-9,14-15,23-24,26-27H,2-4,6,10-13,16-19,21H2,1H3/b7-5+. The molecule has 0 N–H and O–H groups in total. The first-order valence-electron chi connectivity index (χ1n) is 12.0. The average Bonchev–Trinajstić information content (AvgIpc) is 2.78. The van der Waals surface area contributed by atoms with Crippen molar-refractivity contribution in [1.82, 2.24) is 0 Å². The molecule has 0 heterocycles. The van der Waals surface area contributed by atoms with Crippen LogP contribution in [0.15, 0.2) is 36.4 Å². The van der Waals surface area contributed by atoms with E-state index in [0.29, 0.717) is 12.0 Å². The van der Waals surface area contributed by atoms with Crippen LogP contribution in [0.25, 0.3) is 0 Å². The Kier molecular flexibility index (Phi) is 9.29. The number of nitrogens with zero attached hydrogens (tertiary/aromatic N) is 1. The van der Waals surface area contributed by atoms with Crippen molar-refractivity contribution in [2.45, 2.75) is 96.0 Å². The van der Waals surface area contributed by atoms with Crippen molar-refractivity contribution in [2.75, 3.05) is 6.61 Å². The van der Waals surface area contributed by atoms with Crippen LogP contribution in [0.3, 0.4) is 0 Å². The molecule has 2 saturated carbocycles. The molecule has 1 aromatic carbocycles. The molecular weight excluding hydrogens is 354 g/mol. The van der Waals surface area contributed by atoms with E-state index in [1.54, 1.807) is 11.6 Å². The summed E-state index contributed by atoms with van der Waals surface area (Å²) in [5.74, 6) is 2.08. The van der Waals surface area contributed by atoms with Crippen molar-refractivity contribution < 1.29 is 4.74 Å². The van der Waals surface area contributed by atoms with Gasteiger partial charge in [0.05, 0.1) is 12.2 Å². The molecule has 0 unspecified atom stereocenters. The van der Waals surface area contributed by atoms with Crippen LogP contribution in [0.5, 0.6) is 0 Å². The lowest BCUT2D eigenvalue weighted by Crippen LogP contribution is -2.25. The first kappa shape index (κ1) is 22.1. The van der Waals surface area contributed by atoms with Gasteiger partial charge in [0, 0.05) is 12.7 Å². The summed E-state index contributed by atoms with van der Waals surface area (Å²) in [6.45, 7) is 3.22. The highest BCUT2D eigenvalue weighted by Gasteiger charge is 2.25. The second kappa shape index (κ2) is 12.2. The fourth-order valence-corrected chi connectivity index (χ4v) is 5.10. The molecule has 3 rings (SSSR count). The molecular formula is C27H39NO. The Morgan fingerprint density at radius 2 is 1.69 bits per heavy atom. The summed E-state index contributed by atoms with van der Waals surface area (Å²) < 4.78 is 6.29. The molecule has 2 heteroatoms. The van der Waals surface area contributed by atoms with E-state index in [4.69, 9.17) is 10.00 Å². The van der Waals surface area contributed by atoms with E-state index in [1.165, 1.54) is 69.8 Å². The van der Waals surface area contributed by atoms with E-state index in [1.807, 2.05) is 0 Å². The van der Waals surface area contributed by atoms with E-state index in [9.17, 15) is 0 Å². The number of aryl methyl sites for hydroxylation is 1. The first-order chi connectivity index (χ1) is 14.3. The van der Waals surface area contributed by atoms with Crippen LogP contribution in [0.4, 0.5) is 0 Å². The fraction of sp³-hybridized carbons (Fsp3) is 0.667. The Bertz CT molecular complexity index is 640. The summed E-state index contributed by atoms with van der Waals surface area (Å²) >= 11 is 0. The zero-order valence-electron chi connectivity index (χ0n) is 18.3. The molecule has 2 nitrogen and oxygen atoms in total. The first-order valence-corrected chi connectivity index (χ1v) is 12.0. The van der Waals surface area contributed by atoms with Crippen molar-refractivity contribution in [1.29, 1.82) is 5.26 Å². The van der Waals surface area contributed by atoms with E-state index in [2.05, 4.69) is 43.3 Å². The Morgan fingerprint density at radius 1 is 0.966 bits per heavy atom. The van der Waals surface area contributed by atoms with Crippen LogP contribution < -0.4 is 0 Å². The number of rotatable bonds is 9. The van der Waals surface area contributed by atoms with E-state index in [-0.39, 0.29) is 0 Å². The predicted octanol–water partition coefficient (Wildman–Crippen LogP) is 7.35. The van der Waals surface area contributed by atoms with E-state index < -0.39 is 0 Å². The van der Waals surface area contributed by atoms with Gasteiger partial charge in [0.25, 0.3) is 0 Å².